The molecular weight excluding hydrogens is 431 g/mol. The highest BCUT2D eigenvalue weighted by atomic mass is 35.5. The SMILES string of the molecule is CCCCS(=O)(=O)N1CC[C@@H](Nc2nc(-c3c[nH]c4ncc(Cl)cc34)ncc2F)C1. The summed E-state index contributed by atoms with van der Waals surface area (Å²) in [7, 11) is -3.29. The lowest BCUT2D eigenvalue weighted by Crippen LogP contribution is -2.33. The minimum atomic E-state index is -3.29. The van der Waals surface area contributed by atoms with Crippen LogP contribution in [0.25, 0.3) is 22.4 Å². The predicted octanol–water partition coefficient (Wildman–Crippen LogP) is 3.43. The second-order valence-electron chi connectivity index (χ2n) is 7.30. The van der Waals surface area contributed by atoms with Gasteiger partial charge in [-0.25, -0.2) is 27.8 Å². The van der Waals surface area contributed by atoms with Gasteiger partial charge in [-0.15, -0.1) is 0 Å². The van der Waals surface area contributed by atoms with Crippen molar-refractivity contribution in [3.63, 3.8) is 0 Å². The van der Waals surface area contributed by atoms with Crippen LogP contribution in [0.1, 0.15) is 26.2 Å². The lowest BCUT2D eigenvalue weighted by molar-refractivity contribution is 0.472. The molecule has 2 N–H and O–H groups in total. The Bertz CT molecular complexity index is 1170. The Morgan fingerprint density at radius 1 is 1.37 bits per heavy atom. The number of pyridine rings is 1. The van der Waals surface area contributed by atoms with Crippen LogP contribution in [0.2, 0.25) is 5.02 Å². The molecule has 3 aromatic rings. The molecular formula is C19H22ClFN6O2S. The van der Waals surface area contributed by atoms with Crippen LogP contribution in [0, 0.1) is 5.82 Å². The van der Waals surface area contributed by atoms with Gasteiger partial charge in [0, 0.05) is 42.5 Å². The molecule has 30 heavy (non-hydrogen) atoms. The van der Waals surface area contributed by atoms with Crippen molar-refractivity contribution in [3.05, 3.63) is 35.5 Å². The van der Waals surface area contributed by atoms with Crippen LogP contribution in [0.15, 0.2) is 24.7 Å². The van der Waals surface area contributed by atoms with Crippen molar-refractivity contribution < 1.29 is 12.8 Å². The first-order chi connectivity index (χ1) is 14.4. The van der Waals surface area contributed by atoms with E-state index >= 15 is 0 Å². The van der Waals surface area contributed by atoms with E-state index in [9.17, 15) is 12.8 Å². The molecule has 0 amide bonds. The predicted molar refractivity (Wildman–Crippen MR) is 114 cm³/mol. The Morgan fingerprint density at radius 2 is 2.20 bits per heavy atom. The summed E-state index contributed by atoms with van der Waals surface area (Å²) in [4.78, 5) is 15.7. The standard InChI is InChI=1S/C19H22ClFN6O2S/c1-2-3-6-30(28,29)27-5-4-13(11-27)25-19-16(21)10-24-18(26-19)15-9-23-17-14(15)7-12(20)8-22-17/h7-10,13H,2-6,11H2,1H3,(H,22,23)(H,24,25,26)/t13-/m1/s1. The molecule has 160 valence electrons. The number of hydrogen-bond donors (Lipinski definition) is 2. The van der Waals surface area contributed by atoms with Gasteiger partial charge in [0.05, 0.1) is 17.0 Å². The molecule has 0 spiro atoms. The summed E-state index contributed by atoms with van der Waals surface area (Å²) >= 11 is 6.04. The second kappa shape index (κ2) is 8.44. The molecule has 1 aliphatic heterocycles. The van der Waals surface area contributed by atoms with Crippen molar-refractivity contribution in [3.8, 4) is 11.4 Å². The Morgan fingerprint density at radius 3 is 3.00 bits per heavy atom. The first kappa shape index (κ1) is 21.0. The van der Waals surface area contributed by atoms with Crippen molar-refractivity contribution in [1.82, 2.24) is 24.2 Å². The number of hydrogen-bond acceptors (Lipinski definition) is 6. The first-order valence-corrected chi connectivity index (χ1v) is 11.8. The molecule has 4 heterocycles. The van der Waals surface area contributed by atoms with Crippen molar-refractivity contribution >= 4 is 38.5 Å². The van der Waals surface area contributed by atoms with E-state index in [4.69, 9.17) is 11.6 Å². The van der Waals surface area contributed by atoms with Crippen LogP contribution < -0.4 is 5.32 Å². The van der Waals surface area contributed by atoms with E-state index in [2.05, 4.69) is 25.3 Å². The van der Waals surface area contributed by atoms with Gasteiger partial charge in [-0.1, -0.05) is 24.9 Å². The van der Waals surface area contributed by atoms with E-state index < -0.39 is 15.8 Å². The molecule has 4 rings (SSSR count). The number of halogens is 2. The average Bonchev–Trinajstić information content (AvgIpc) is 3.35. The number of aromatic amines is 1. The third-order valence-corrected chi connectivity index (χ3v) is 7.25. The van der Waals surface area contributed by atoms with E-state index in [0.717, 1.165) is 18.0 Å². The number of nitrogens with one attached hydrogen (secondary N) is 2. The van der Waals surface area contributed by atoms with Gasteiger partial charge < -0.3 is 10.3 Å². The molecule has 1 saturated heterocycles. The fourth-order valence-electron chi connectivity index (χ4n) is 3.51. The van der Waals surface area contributed by atoms with Crippen LogP contribution in [-0.2, 0) is 10.0 Å². The fraction of sp³-hybridized carbons (Fsp3) is 0.421. The molecule has 3 aromatic heterocycles. The van der Waals surface area contributed by atoms with Gasteiger partial charge >= 0.3 is 0 Å². The van der Waals surface area contributed by atoms with E-state index in [1.807, 2.05) is 6.92 Å². The van der Waals surface area contributed by atoms with Crippen LogP contribution in [0.5, 0.6) is 0 Å². The molecule has 0 aromatic carbocycles. The van der Waals surface area contributed by atoms with Gasteiger partial charge in [-0.2, -0.15) is 4.31 Å². The Balaban J connectivity index is 1.54. The number of sulfonamides is 1. The molecule has 8 nitrogen and oxygen atoms in total. The lowest BCUT2D eigenvalue weighted by atomic mass is 10.2. The van der Waals surface area contributed by atoms with Gasteiger partial charge in [0.15, 0.2) is 17.5 Å². The van der Waals surface area contributed by atoms with Crippen molar-refractivity contribution in [2.75, 3.05) is 24.2 Å². The molecule has 0 aliphatic carbocycles. The molecule has 1 fully saturated rings. The summed E-state index contributed by atoms with van der Waals surface area (Å²) < 4.78 is 40.6. The maximum Gasteiger partial charge on any atom is 0.214 e. The topological polar surface area (TPSA) is 104 Å². The summed E-state index contributed by atoms with van der Waals surface area (Å²) in [6.07, 6.45) is 6.36. The van der Waals surface area contributed by atoms with Crippen molar-refractivity contribution in [2.24, 2.45) is 0 Å². The molecule has 1 atom stereocenters. The Kier molecular flexibility index (Phi) is 5.90. The van der Waals surface area contributed by atoms with Gasteiger partial charge in [0.2, 0.25) is 10.0 Å². The number of aromatic nitrogens is 4. The summed E-state index contributed by atoms with van der Waals surface area (Å²) in [5.41, 5.74) is 1.28. The average molecular weight is 453 g/mol. The minimum Gasteiger partial charge on any atom is -0.363 e. The molecule has 0 unspecified atom stereocenters. The molecule has 11 heteroatoms. The number of H-pyrrole nitrogens is 1. The summed E-state index contributed by atoms with van der Waals surface area (Å²) in [5.74, 6) is -0.0943. The molecule has 1 aliphatic rings. The van der Waals surface area contributed by atoms with Crippen LogP contribution in [0.3, 0.4) is 0 Å². The highest BCUT2D eigenvalue weighted by molar-refractivity contribution is 7.89. The summed E-state index contributed by atoms with van der Waals surface area (Å²) in [6.45, 7) is 2.66. The first-order valence-electron chi connectivity index (χ1n) is 9.77. The van der Waals surface area contributed by atoms with Crippen LogP contribution in [0.4, 0.5) is 10.2 Å². The second-order valence-corrected chi connectivity index (χ2v) is 9.82. The van der Waals surface area contributed by atoms with Gasteiger partial charge in [-0.3, -0.25) is 0 Å². The summed E-state index contributed by atoms with van der Waals surface area (Å²) in [5, 5.41) is 4.25. The largest absolute Gasteiger partial charge is 0.363 e. The third kappa shape index (κ3) is 4.26. The Hall–Kier alpha value is -2.30. The zero-order valence-electron chi connectivity index (χ0n) is 16.4. The van der Waals surface area contributed by atoms with E-state index in [0.29, 0.717) is 41.4 Å². The monoisotopic (exact) mass is 452 g/mol. The Labute approximate surface area is 178 Å². The van der Waals surface area contributed by atoms with Gasteiger partial charge in [-0.05, 0) is 18.9 Å². The lowest BCUT2D eigenvalue weighted by Gasteiger charge is -2.17. The number of unbranched alkanes of at least 4 members (excludes halogenated alkanes) is 1. The molecule has 0 radical (unpaired) electrons. The van der Waals surface area contributed by atoms with Crippen molar-refractivity contribution in [1.29, 1.82) is 0 Å². The van der Waals surface area contributed by atoms with E-state index in [1.165, 1.54) is 10.5 Å². The third-order valence-electron chi connectivity index (χ3n) is 5.12. The van der Waals surface area contributed by atoms with Gasteiger partial charge in [0.1, 0.15) is 5.65 Å². The zero-order valence-corrected chi connectivity index (χ0v) is 18.0. The summed E-state index contributed by atoms with van der Waals surface area (Å²) in [6, 6.07) is 1.52. The van der Waals surface area contributed by atoms with Crippen LogP contribution in [-0.4, -0.2) is 57.5 Å². The number of fused-ring (bicyclic) bond motifs is 1. The zero-order chi connectivity index (χ0) is 21.3. The number of nitrogens with zero attached hydrogens (tertiary/aromatic N) is 4. The molecule has 0 bridgehead atoms. The van der Waals surface area contributed by atoms with Gasteiger partial charge in [0.25, 0.3) is 0 Å². The highest BCUT2D eigenvalue weighted by Gasteiger charge is 2.31. The van der Waals surface area contributed by atoms with E-state index in [-0.39, 0.29) is 24.2 Å². The van der Waals surface area contributed by atoms with Crippen LogP contribution >= 0.6 is 11.6 Å². The quantitative estimate of drug-likeness (QED) is 0.569. The minimum absolute atomic E-state index is 0.0437. The van der Waals surface area contributed by atoms with Crippen molar-refractivity contribution in [2.45, 2.75) is 32.2 Å². The maximum atomic E-state index is 14.4. The fourth-order valence-corrected chi connectivity index (χ4v) is 5.37. The highest BCUT2D eigenvalue weighted by Crippen LogP contribution is 2.28. The van der Waals surface area contributed by atoms with E-state index in [1.54, 1.807) is 12.3 Å². The number of rotatable bonds is 7. The smallest absolute Gasteiger partial charge is 0.214 e. The normalized spacial score (nSPS) is 17.6. The molecule has 0 saturated carbocycles. The number of anilines is 1. The maximum absolute atomic E-state index is 14.4.